The summed E-state index contributed by atoms with van der Waals surface area (Å²) >= 11 is 1.28. The van der Waals surface area contributed by atoms with Gasteiger partial charge in [0, 0.05) is 24.6 Å². The van der Waals surface area contributed by atoms with Crippen molar-refractivity contribution in [2.24, 2.45) is 5.92 Å². The van der Waals surface area contributed by atoms with Crippen molar-refractivity contribution in [3.05, 3.63) is 29.3 Å². The van der Waals surface area contributed by atoms with Crippen LogP contribution in [-0.2, 0) is 4.79 Å². The number of aromatic nitrogens is 1. The maximum atomic E-state index is 12.7. The number of para-hydroxylation sites is 1. The molecule has 3 N–H and O–H groups in total. The Bertz CT molecular complexity index is 731. The van der Waals surface area contributed by atoms with Crippen LogP contribution in [0.3, 0.4) is 0 Å². The summed E-state index contributed by atoms with van der Waals surface area (Å²) in [6.45, 7) is 0.0570. The van der Waals surface area contributed by atoms with E-state index in [0.717, 1.165) is 29.5 Å². The minimum absolute atomic E-state index is 0.0234. The molecule has 2 aliphatic heterocycles. The van der Waals surface area contributed by atoms with Crippen LogP contribution in [0.2, 0.25) is 0 Å². The quantitative estimate of drug-likeness (QED) is 0.768. The van der Waals surface area contributed by atoms with Crippen molar-refractivity contribution in [3.8, 4) is 0 Å². The first-order chi connectivity index (χ1) is 11.6. The molecule has 24 heavy (non-hydrogen) atoms. The van der Waals surface area contributed by atoms with Gasteiger partial charge in [-0.25, -0.2) is 4.98 Å². The smallest absolute Gasteiger partial charge is 0.255 e. The normalized spacial score (nSPS) is 28.5. The standard InChI is InChI=1S/C17H20N2O4S/c20-8-9-7-10-5-6-12(9)19(10)17(23)15(22)14(21)16-18-11-3-1-2-4-13(11)24-16/h1-4,9-10,12,14-15,20-22H,5-8H2/t9-,10+,12-,14?,15?/m0/s1. The van der Waals surface area contributed by atoms with Crippen molar-refractivity contribution in [2.45, 2.75) is 43.6 Å². The molecule has 2 unspecified atom stereocenters. The molecule has 6 nitrogen and oxygen atoms in total. The SMILES string of the molecule is O=C(C(O)C(O)c1nc2ccccc2s1)N1[C@@H]2CC[C@H]1[C@H](CO)C2. The first kappa shape index (κ1) is 16.0. The van der Waals surface area contributed by atoms with E-state index in [-0.39, 0.29) is 24.6 Å². The molecule has 1 amide bonds. The third kappa shape index (κ3) is 2.43. The molecule has 2 aromatic rings. The summed E-state index contributed by atoms with van der Waals surface area (Å²) < 4.78 is 0.910. The molecule has 0 saturated carbocycles. The molecule has 5 atom stereocenters. The number of carbonyl (C=O) groups excluding carboxylic acids is 1. The number of nitrogens with zero attached hydrogens (tertiary/aromatic N) is 2. The van der Waals surface area contributed by atoms with Crippen LogP contribution in [0, 0.1) is 5.92 Å². The number of aliphatic hydroxyl groups is 3. The summed E-state index contributed by atoms with van der Waals surface area (Å²) in [7, 11) is 0. The van der Waals surface area contributed by atoms with E-state index in [9.17, 15) is 20.1 Å². The maximum absolute atomic E-state index is 12.7. The lowest BCUT2D eigenvalue weighted by Crippen LogP contribution is -2.45. The van der Waals surface area contributed by atoms with Gasteiger partial charge in [0.05, 0.1) is 10.2 Å². The Labute approximate surface area is 143 Å². The number of benzene rings is 1. The average molecular weight is 348 g/mol. The van der Waals surface area contributed by atoms with Gasteiger partial charge in [-0.05, 0) is 31.4 Å². The number of amides is 1. The molecule has 0 aliphatic carbocycles. The molecule has 2 aliphatic rings. The first-order valence-electron chi connectivity index (χ1n) is 8.24. The predicted molar refractivity (Wildman–Crippen MR) is 89.4 cm³/mol. The van der Waals surface area contributed by atoms with E-state index in [2.05, 4.69) is 4.98 Å². The molecule has 2 fully saturated rings. The van der Waals surface area contributed by atoms with Gasteiger partial charge in [-0.1, -0.05) is 12.1 Å². The maximum Gasteiger partial charge on any atom is 0.255 e. The molecule has 0 spiro atoms. The van der Waals surface area contributed by atoms with Crippen LogP contribution in [0.1, 0.15) is 30.4 Å². The number of hydrogen-bond donors (Lipinski definition) is 3. The monoisotopic (exact) mass is 348 g/mol. The highest BCUT2D eigenvalue weighted by Crippen LogP contribution is 2.42. The summed E-state index contributed by atoms with van der Waals surface area (Å²) in [5.74, 6) is -0.371. The molecule has 128 valence electrons. The molecular weight excluding hydrogens is 328 g/mol. The number of carbonyl (C=O) groups is 1. The van der Waals surface area contributed by atoms with E-state index < -0.39 is 18.1 Å². The molecule has 0 radical (unpaired) electrons. The van der Waals surface area contributed by atoms with E-state index in [1.165, 1.54) is 11.3 Å². The zero-order chi connectivity index (χ0) is 16.8. The van der Waals surface area contributed by atoms with Crippen LogP contribution in [0.5, 0.6) is 0 Å². The summed E-state index contributed by atoms with van der Waals surface area (Å²) in [4.78, 5) is 18.7. The van der Waals surface area contributed by atoms with Crippen molar-refractivity contribution in [2.75, 3.05) is 6.61 Å². The summed E-state index contributed by atoms with van der Waals surface area (Å²) in [6.07, 6.45) is -0.326. The Hall–Kier alpha value is -1.54. The van der Waals surface area contributed by atoms with E-state index in [1.54, 1.807) is 4.90 Å². The van der Waals surface area contributed by atoms with E-state index >= 15 is 0 Å². The van der Waals surface area contributed by atoms with Gasteiger partial charge in [0.2, 0.25) is 0 Å². The van der Waals surface area contributed by atoms with Gasteiger partial charge < -0.3 is 20.2 Å². The zero-order valence-corrected chi connectivity index (χ0v) is 13.9. The predicted octanol–water partition coefficient (Wildman–Crippen LogP) is 1.06. The van der Waals surface area contributed by atoms with Crippen molar-refractivity contribution in [1.29, 1.82) is 0 Å². The second-order valence-corrected chi connectivity index (χ2v) is 7.69. The molecule has 1 aromatic carbocycles. The van der Waals surface area contributed by atoms with Gasteiger partial charge in [-0.15, -0.1) is 11.3 Å². The minimum Gasteiger partial charge on any atom is -0.396 e. The molecular formula is C17H20N2O4S. The highest BCUT2D eigenvalue weighted by Gasteiger charge is 2.50. The fourth-order valence-electron chi connectivity index (χ4n) is 4.09. The fraction of sp³-hybridized carbons (Fsp3) is 0.529. The lowest BCUT2D eigenvalue weighted by atomic mass is 9.90. The number of aliphatic hydroxyl groups excluding tert-OH is 3. The molecule has 4 rings (SSSR count). The van der Waals surface area contributed by atoms with Crippen LogP contribution in [0.25, 0.3) is 10.2 Å². The molecule has 3 heterocycles. The molecule has 1 aromatic heterocycles. The lowest BCUT2D eigenvalue weighted by molar-refractivity contribution is -0.148. The Morgan fingerprint density at radius 2 is 2.12 bits per heavy atom. The molecule has 7 heteroatoms. The van der Waals surface area contributed by atoms with Gasteiger partial charge >= 0.3 is 0 Å². The fourth-order valence-corrected chi connectivity index (χ4v) is 5.08. The van der Waals surface area contributed by atoms with Crippen molar-refractivity contribution >= 4 is 27.5 Å². The van der Waals surface area contributed by atoms with Crippen LogP contribution < -0.4 is 0 Å². The Morgan fingerprint density at radius 3 is 2.83 bits per heavy atom. The summed E-state index contributed by atoms with van der Waals surface area (Å²) in [6, 6.07) is 7.51. The minimum atomic E-state index is -1.52. The topological polar surface area (TPSA) is 93.9 Å². The highest BCUT2D eigenvalue weighted by molar-refractivity contribution is 7.18. The van der Waals surface area contributed by atoms with E-state index in [4.69, 9.17) is 0 Å². The lowest BCUT2D eigenvalue weighted by Gasteiger charge is -2.27. The van der Waals surface area contributed by atoms with Gasteiger partial charge in [-0.2, -0.15) is 0 Å². The highest BCUT2D eigenvalue weighted by atomic mass is 32.1. The van der Waals surface area contributed by atoms with Crippen molar-refractivity contribution < 1.29 is 20.1 Å². The summed E-state index contributed by atoms with van der Waals surface area (Å²) in [5.41, 5.74) is 0.748. The largest absolute Gasteiger partial charge is 0.396 e. The second-order valence-electron chi connectivity index (χ2n) is 6.63. The van der Waals surface area contributed by atoms with Crippen molar-refractivity contribution in [1.82, 2.24) is 9.88 Å². The van der Waals surface area contributed by atoms with Gasteiger partial charge in [0.25, 0.3) is 5.91 Å². The van der Waals surface area contributed by atoms with Crippen LogP contribution in [0.4, 0.5) is 0 Å². The first-order valence-corrected chi connectivity index (χ1v) is 9.06. The van der Waals surface area contributed by atoms with E-state index in [0.29, 0.717) is 5.01 Å². The number of fused-ring (bicyclic) bond motifs is 3. The molecule has 2 bridgehead atoms. The Balaban J connectivity index is 1.54. The van der Waals surface area contributed by atoms with Crippen molar-refractivity contribution in [3.63, 3.8) is 0 Å². The average Bonchev–Trinajstić information content (AvgIpc) is 3.31. The van der Waals surface area contributed by atoms with Gasteiger partial charge in [0.15, 0.2) is 6.10 Å². The van der Waals surface area contributed by atoms with Crippen LogP contribution in [-0.4, -0.2) is 55.9 Å². The number of hydrogen-bond acceptors (Lipinski definition) is 6. The number of thiazole rings is 1. The third-order valence-electron chi connectivity index (χ3n) is 5.27. The summed E-state index contributed by atoms with van der Waals surface area (Å²) in [5, 5.41) is 30.6. The Morgan fingerprint density at radius 1 is 1.33 bits per heavy atom. The molecule has 2 saturated heterocycles. The van der Waals surface area contributed by atoms with Crippen LogP contribution in [0.15, 0.2) is 24.3 Å². The van der Waals surface area contributed by atoms with Gasteiger partial charge in [-0.3, -0.25) is 4.79 Å². The second kappa shape index (κ2) is 6.07. The van der Waals surface area contributed by atoms with E-state index in [1.807, 2.05) is 24.3 Å². The third-order valence-corrected chi connectivity index (χ3v) is 6.38. The van der Waals surface area contributed by atoms with Crippen LogP contribution >= 0.6 is 11.3 Å². The Kier molecular flexibility index (Phi) is 4.04. The number of rotatable bonds is 4. The zero-order valence-electron chi connectivity index (χ0n) is 13.1. The van der Waals surface area contributed by atoms with Gasteiger partial charge in [0.1, 0.15) is 11.1 Å².